The number of benzene rings is 1. The molecule has 0 bridgehead atoms. The van der Waals surface area contributed by atoms with Crippen molar-refractivity contribution in [2.75, 3.05) is 13.1 Å². The third-order valence-corrected chi connectivity index (χ3v) is 3.78. The quantitative estimate of drug-likeness (QED) is 0.825. The molecule has 16 heavy (non-hydrogen) atoms. The van der Waals surface area contributed by atoms with E-state index in [0.29, 0.717) is 5.92 Å². The number of aliphatic hydroxyl groups is 1. The van der Waals surface area contributed by atoms with E-state index in [1.54, 1.807) is 0 Å². The van der Waals surface area contributed by atoms with Crippen molar-refractivity contribution in [3.05, 3.63) is 35.9 Å². The molecule has 0 spiro atoms. The lowest BCUT2D eigenvalue weighted by Gasteiger charge is -2.41. The normalized spacial score (nSPS) is 31.6. The van der Waals surface area contributed by atoms with Crippen LogP contribution < -0.4 is 0 Å². The molecule has 1 aromatic rings. The number of likely N-dealkylation sites (tertiary alicyclic amines) is 1. The van der Waals surface area contributed by atoms with Crippen LogP contribution in [0.3, 0.4) is 0 Å². The Labute approximate surface area is 97.9 Å². The third-order valence-electron chi connectivity index (χ3n) is 3.78. The first-order chi connectivity index (χ1) is 7.58. The molecule has 0 radical (unpaired) electrons. The van der Waals surface area contributed by atoms with E-state index in [0.717, 1.165) is 26.1 Å². The number of rotatable bonds is 2. The summed E-state index contributed by atoms with van der Waals surface area (Å²) in [6.07, 6.45) is 0.876. The maximum absolute atomic E-state index is 10.1. The number of hydrogen-bond acceptors (Lipinski definition) is 2. The van der Waals surface area contributed by atoms with Crippen molar-refractivity contribution in [1.82, 2.24) is 4.90 Å². The van der Waals surface area contributed by atoms with Crippen LogP contribution in [0.25, 0.3) is 0 Å². The zero-order valence-electron chi connectivity index (χ0n) is 10.2. The van der Waals surface area contributed by atoms with Crippen LogP contribution in [0.5, 0.6) is 0 Å². The van der Waals surface area contributed by atoms with Crippen molar-refractivity contribution < 1.29 is 5.11 Å². The predicted octanol–water partition coefficient (Wildman–Crippen LogP) is 2.28. The summed E-state index contributed by atoms with van der Waals surface area (Å²) < 4.78 is 0. The van der Waals surface area contributed by atoms with Crippen molar-refractivity contribution in [2.45, 2.75) is 32.4 Å². The molecule has 2 rings (SSSR count). The SMILES string of the molecule is C[C@@H]1CN(Cc2ccccc2)CC[C@@]1(C)O. The van der Waals surface area contributed by atoms with Gasteiger partial charge in [-0.05, 0) is 24.8 Å². The monoisotopic (exact) mass is 219 g/mol. The van der Waals surface area contributed by atoms with E-state index in [-0.39, 0.29) is 0 Å². The minimum atomic E-state index is -0.479. The van der Waals surface area contributed by atoms with Crippen LogP contribution in [0.15, 0.2) is 30.3 Å². The lowest BCUT2D eigenvalue weighted by atomic mass is 9.84. The molecule has 0 amide bonds. The van der Waals surface area contributed by atoms with E-state index in [4.69, 9.17) is 0 Å². The summed E-state index contributed by atoms with van der Waals surface area (Å²) in [6.45, 7) is 7.07. The van der Waals surface area contributed by atoms with Crippen molar-refractivity contribution in [3.63, 3.8) is 0 Å². The van der Waals surface area contributed by atoms with Gasteiger partial charge in [-0.15, -0.1) is 0 Å². The molecule has 2 nitrogen and oxygen atoms in total. The zero-order chi connectivity index (χ0) is 11.6. The molecule has 1 N–H and O–H groups in total. The van der Waals surface area contributed by atoms with Crippen LogP contribution in [0.4, 0.5) is 0 Å². The van der Waals surface area contributed by atoms with Gasteiger partial charge in [0, 0.05) is 19.6 Å². The molecule has 1 saturated heterocycles. The van der Waals surface area contributed by atoms with Gasteiger partial charge in [0.25, 0.3) is 0 Å². The molecule has 0 aliphatic carbocycles. The zero-order valence-corrected chi connectivity index (χ0v) is 10.2. The van der Waals surface area contributed by atoms with Gasteiger partial charge in [-0.25, -0.2) is 0 Å². The largest absolute Gasteiger partial charge is 0.390 e. The summed E-state index contributed by atoms with van der Waals surface area (Å²) in [7, 11) is 0. The summed E-state index contributed by atoms with van der Waals surface area (Å²) in [6, 6.07) is 10.5. The standard InChI is InChI=1S/C14H21NO/c1-12-10-15(9-8-14(12,2)16)11-13-6-4-3-5-7-13/h3-7,12,16H,8-11H2,1-2H3/t12-,14-/m1/s1. The van der Waals surface area contributed by atoms with E-state index in [9.17, 15) is 5.11 Å². The van der Waals surface area contributed by atoms with Gasteiger partial charge in [0.15, 0.2) is 0 Å². The van der Waals surface area contributed by atoms with Crippen molar-refractivity contribution in [1.29, 1.82) is 0 Å². The molecule has 0 unspecified atom stereocenters. The Morgan fingerprint density at radius 3 is 2.69 bits per heavy atom. The van der Waals surface area contributed by atoms with E-state index < -0.39 is 5.60 Å². The molecular formula is C14H21NO. The van der Waals surface area contributed by atoms with Gasteiger partial charge in [-0.3, -0.25) is 4.90 Å². The van der Waals surface area contributed by atoms with Crippen molar-refractivity contribution >= 4 is 0 Å². The van der Waals surface area contributed by atoms with Crippen LogP contribution in [0, 0.1) is 5.92 Å². The lowest BCUT2D eigenvalue weighted by Crippen LogP contribution is -2.48. The summed E-state index contributed by atoms with van der Waals surface area (Å²) in [5, 5.41) is 10.1. The molecular weight excluding hydrogens is 198 g/mol. The summed E-state index contributed by atoms with van der Waals surface area (Å²) in [5.74, 6) is 0.352. The first-order valence-electron chi connectivity index (χ1n) is 6.06. The predicted molar refractivity (Wildman–Crippen MR) is 66.1 cm³/mol. The van der Waals surface area contributed by atoms with Gasteiger partial charge >= 0.3 is 0 Å². The Bertz CT molecular complexity index is 334. The Morgan fingerprint density at radius 2 is 2.06 bits per heavy atom. The van der Waals surface area contributed by atoms with Crippen molar-refractivity contribution in [2.24, 2.45) is 5.92 Å². The second-order valence-electron chi connectivity index (χ2n) is 5.23. The molecule has 1 heterocycles. The fraction of sp³-hybridized carbons (Fsp3) is 0.571. The molecule has 0 aromatic heterocycles. The first-order valence-corrected chi connectivity index (χ1v) is 6.06. The highest BCUT2D eigenvalue weighted by atomic mass is 16.3. The second-order valence-corrected chi connectivity index (χ2v) is 5.23. The lowest BCUT2D eigenvalue weighted by molar-refractivity contribution is -0.0523. The molecule has 2 heteroatoms. The Kier molecular flexibility index (Phi) is 3.31. The summed E-state index contributed by atoms with van der Waals surface area (Å²) in [5.41, 5.74) is 0.879. The number of hydrogen-bond donors (Lipinski definition) is 1. The molecule has 1 fully saturated rings. The summed E-state index contributed by atoms with van der Waals surface area (Å²) >= 11 is 0. The fourth-order valence-corrected chi connectivity index (χ4v) is 2.29. The Morgan fingerprint density at radius 1 is 1.38 bits per heavy atom. The fourth-order valence-electron chi connectivity index (χ4n) is 2.29. The van der Waals surface area contributed by atoms with Gasteiger partial charge in [-0.2, -0.15) is 0 Å². The van der Waals surface area contributed by atoms with Crippen LogP contribution in [0.1, 0.15) is 25.8 Å². The van der Waals surface area contributed by atoms with Crippen molar-refractivity contribution in [3.8, 4) is 0 Å². The highest BCUT2D eigenvalue weighted by molar-refractivity contribution is 5.14. The minimum absolute atomic E-state index is 0.352. The molecule has 1 aliphatic heterocycles. The van der Waals surface area contributed by atoms with Crippen LogP contribution in [-0.4, -0.2) is 28.7 Å². The first kappa shape index (κ1) is 11.6. The Hall–Kier alpha value is -0.860. The van der Waals surface area contributed by atoms with E-state index in [1.807, 2.05) is 13.0 Å². The van der Waals surface area contributed by atoms with Gasteiger partial charge in [0.05, 0.1) is 5.60 Å². The third kappa shape index (κ3) is 2.63. The maximum atomic E-state index is 10.1. The van der Waals surface area contributed by atoms with Gasteiger partial charge < -0.3 is 5.11 Å². The van der Waals surface area contributed by atoms with Crippen LogP contribution in [-0.2, 0) is 6.54 Å². The van der Waals surface area contributed by atoms with Gasteiger partial charge in [0.1, 0.15) is 0 Å². The molecule has 88 valence electrons. The van der Waals surface area contributed by atoms with Gasteiger partial charge in [-0.1, -0.05) is 37.3 Å². The smallest absolute Gasteiger partial charge is 0.0669 e. The average molecular weight is 219 g/mol. The molecule has 0 saturated carbocycles. The van der Waals surface area contributed by atoms with E-state index >= 15 is 0 Å². The minimum Gasteiger partial charge on any atom is -0.390 e. The Balaban J connectivity index is 1.94. The topological polar surface area (TPSA) is 23.5 Å². The number of piperidine rings is 1. The molecule has 2 atom stereocenters. The highest BCUT2D eigenvalue weighted by Crippen LogP contribution is 2.27. The summed E-state index contributed by atoms with van der Waals surface area (Å²) in [4.78, 5) is 2.43. The average Bonchev–Trinajstić information content (AvgIpc) is 2.26. The second kappa shape index (κ2) is 4.56. The highest BCUT2D eigenvalue weighted by Gasteiger charge is 2.34. The van der Waals surface area contributed by atoms with Crippen LogP contribution >= 0.6 is 0 Å². The van der Waals surface area contributed by atoms with E-state index in [1.165, 1.54) is 5.56 Å². The number of nitrogens with zero attached hydrogens (tertiary/aromatic N) is 1. The maximum Gasteiger partial charge on any atom is 0.0669 e. The molecule has 1 aromatic carbocycles. The van der Waals surface area contributed by atoms with Gasteiger partial charge in [0.2, 0.25) is 0 Å². The van der Waals surface area contributed by atoms with Crippen LogP contribution in [0.2, 0.25) is 0 Å². The molecule has 1 aliphatic rings. The van der Waals surface area contributed by atoms with E-state index in [2.05, 4.69) is 36.1 Å².